The summed E-state index contributed by atoms with van der Waals surface area (Å²) >= 11 is 5.68. The van der Waals surface area contributed by atoms with Gasteiger partial charge in [0.05, 0.1) is 0 Å². The molecule has 4 nitrogen and oxygen atoms in total. The van der Waals surface area contributed by atoms with Crippen molar-refractivity contribution in [3.63, 3.8) is 0 Å². The van der Waals surface area contributed by atoms with Crippen molar-refractivity contribution in [3.8, 4) is 0 Å². The Balaban J connectivity index is 2.68. The Morgan fingerprint density at radius 3 is 2.44 bits per heavy atom. The number of hydrogen-bond donors (Lipinski definition) is 0. The SMILES string of the molecule is CC(=O)OCC(=O)N(CCl)c1ccccc1. The van der Waals surface area contributed by atoms with Crippen LogP contribution < -0.4 is 4.90 Å². The van der Waals surface area contributed by atoms with E-state index in [-0.39, 0.29) is 18.5 Å². The molecule has 0 atom stereocenters. The first-order chi connectivity index (χ1) is 7.65. The summed E-state index contributed by atoms with van der Waals surface area (Å²) in [5.41, 5.74) is 0.676. The van der Waals surface area contributed by atoms with Crippen molar-refractivity contribution >= 4 is 29.2 Å². The van der Waals surface area contributed by atoms with Gasteiger partial charge >= 0.3 is 5.97 Å². The highest BCUT2D eigenvalue weighted by atomic mass is 35.5. The minimum atomic E-state index is -0.490. The third-order valence-electron chi connectivity index (χ3n) is 1.89. The van der Waals surface area contributed by atoms with Crippen LogP contribution in [0.3, 0.4) is 0 Å². The van der Waals surface area contributed by atoms with E-state index >= 15 is 0 Å². The average molecular weight is 242 g/mol. The fourth-order valence-corrected chi connectivity index (χ4v) is 1.40. The van der Waals surface area contributed by atoms with Crippen LogP contribution in [0.25, 0.3) is 0 Å². The molecule has 1 aromatic carbocycles. The summed E-state index contributed by atoms with van der Waals surface area (Å²) in [6.07, 6.45) is 0. The summed E-state index contributed by atoms with van der Waals surface area (Å²) in [6, 6.07) is 8.97. The Morgan fingerprint density at radius 2 is 1.94 bits per heavy atom. The highest BCUT2D eigenvalue weighted by Gasteiger charge is 2.15. The molecule has 0 saturated carbocycles. The fourth-order valence-electron chi connectivity index (χ4n) is 1.13. The summed E-state index contributed by atoms with van der Waals surface area (Å²) in [5, 5.41) is 0. The molecule has 1 aromatic rings. The maximum Gasteiger partial charge on any atom is 0.303 e. The summed E-state index contributed by atoms with van der Waals surface area (Å²) in [5.74, 6) is -0.840. The van der Waals surface area contributed by atoms with Crippen LogP contribution in [-0.2, 0) is 14.3 Å². The maximum atomic E-state index is 11.6. The number of alkyl halides is 1. The molecule has 86 valence electrons. The van der Waals surface area contributed by atoms with E-state index in [9.17, 15) is 9.59 Å². The fraction of sp³-hybridized carbons (Fsp3) is 0.273. The van der Waals surface area contributed by atoms with Gasteiger partial charge in [0.2, 0.25) is 0 Å². The summed E-state index contributed by atoms with van der Waals surface area (Å²) in [7, 11) is 0. The number of halogens is 1. The minimum Gasteiger partial charge on any atom is -0.456 e. The normalized spacial score (nSPS) is 9.62. The number of benzene rings is 1. The third kappa shape index (κ3) is 3.55. The number of rotatable bonds is 4. The van der Waals surface area contributed by atoms with Crippen LogP contribution in [0.4, 0.5) is 5.69 Å². The quantitative estimate of drug-likeness (QED) is 0.459. The molecule has 0 aliphatic carbocycles. The Labute approximate surface area is 98.8 Å². The van der Waals surface area contributed by atoms with Gasteiger partial charge in [0, 0.05) is 12.6 Å². The lowest BCUT2D eigenvalue weighted by atomic mass is 10.3. The smallest absolute Gasteiger partial charge is 0.303 e. The highest BCUT2D eigenvalue weighted by Crippen LogP contribution is 2.14. The van der Waals surface area contributed by atoms with Crippen LogP contribution in [-0.4, -0.2) is 24.5 Å². The molecule has 0 spiro atoms. The van der Waals surface area contributed by atoms with Crippen molar-refractivity contribution in [1.29, 1.82) is 0 Å². The minimum absolute atomic E-state index is 0.0180. The highest BCUT2D eigenvalue weighted by molar-refractivity contribution is 6.21. The summed E-state index contributed by atoms with van der Waals surface area (Å²) in [6.45, 7) is 0.956. The lowest BCUT2D eigenvalue weighted by Gasteiger charge is -2.19. The molecule has 0 aliphatic rings. The van der Waals surface area contributed by atoms with Gasteiger partial charge in [-0.25, -0.2) is 0 Å². The van der Waals surface area contributed by atoms with Crippen molar-refractivity contribution in [1.82, 2.24) is 0 Å². The zero-order valence-corrected chi connectivity index (χ0v) is 9.61. The number of carbonyl (C=O) groups is 2. The number of anilines is 1. The van der Waals surface area contributed by atoms with E-state index in [1.54, 1.807) is 24.3 Å². The molecular weight excluding hydrogens is 230 g/mol. The molecule has 0 radical (unpaired) electrons. The predicted molar refractivity (Wildman–Crippen MR) is 61.3 cm³/mol. The first kappa shape index (κ1) is 12.5. The predicted octanol–water partition coefficient (Wildman–Crippen LogP) is 1.78. The van der Waals surface area contributed by atoms with Crippen LogP contribution in [0.15, 0.2) is 30.3 Å². The van der Waals surface area contributed by atoms with Crippen molar-refractivity contribution in [3.05, 3.63) is 30.3 Å². The molecule has 0 saturated heterocycles. The molecule has 0 N–H and O–H groups in total. The van der Waals surface area contributed by atoms with Crippen molar-refractivity contribution in [2.24, 2.45) is 0 Å². The van der Waals surface area contributed by atoms with Gasteiger partial charge in [-0.2, -0.15) is 0 Å². The molecule has 5 heteroatoms. The largest absolute Gasteiger partial charge is 0.456 e. The standard InChI is InChI=1S/C11H12ClNO3/c1-9(14)16-7-11(15)13(8-12)10-5-3-2-4-6-10/h2-6H,7-8H2,1H3. The number of amides is 1. The van der Waals surface area contributed by atoms with E-state index < -0.39 is 5.97 Å². The zero-order chi connectivity index (χ0) is 12.0. The molecule has 1 rings (SSSR count). The second-order valence-corrected chi connectivity index (χ2v) is 3.30. The molecule has 0 aliphatic heterocycles. The van der Waals surface area contributed by atoms with E-state index in [1.165, 1.54) is 11.8 Å². The molecule has 0 bridgehead atoms. The Kier molecular flexibility index (Phi) is 4.79. The number of esters is 1. The van der Waals surface area contributed by atoms with Gasteiger partial charge < -0.3 is 4.74 Å². The molecule has 0 fully saturated rings. The Hall–Kier alpha value is -1.55. The molecule has 1 amide bonds. The molecule has 0 heterocycles. The van der Waals surface area contributed by atoms with E-state index in [2.05, 4.69) is 4.74 Å². The lowest BCUT2D eigenvalue weighted by molar-refractivity contribution is -0.145. The van der Waals surface area contributed by atoms with Crippen molar-refractivity contribution in [2.75, 3.05) is 17.5 Å². The van der Waals surface area contributed by atoms with Gasteiger partial charge in [0.1, 0.15) is 6.00 Å². The Morgan fingerprint density at radius 1 is 1.31 bits per heavy atom. The number of para-hydroxylation sites is 1. The monoisotopic (exact) mass is 241 g/mol. The number of nitrogens with zero attached hydrogens (tertiary/aromatic N) is 1. The molecule has 0 unspecified atom stereocenters. The molecule has 0 aromatic heterocycles. The first-order valence-electron chi connectivity index (χ1n) is 4.70. The summed E-state index contributed by atoms with van der Waals surface area (Å²) in [4.78, 5) is 23.6. The number of ether oxygens (including phenoxy) is 1. The lowest BCUT2D eigenvalue weighted by Crippen LogP contribution is -2.33. The van der Waals surface area contributed by atoms with Gasteiger partial charge in [-0.15, -0.1) is 11.6 Å². The number of carbonyl (C=O) groups excluding carboxylic acids is 2. The van der Waals surface area contributed by atoms with Gasteiger partial charge in [0.25, 0.3) is 5.91 Å². The molecular formula is C11H12ClNO3. The summed E-state index contributed by atoms with van der Waals surface area (Å²) < 4.78 is 4.62. The van der Waals surface area contributed by atoms with Gasteiger partial charge in [0.15, 0.2) is 6.61 Å². The van der Waals surface area contributed by atoms with E-state index in [4.69, 9.17) is 11.6 Å². The van der Waals surface area contributed by atoms with Crippen molar-refractivity contribution in [2.45, 2.75) is 6.92 Å². The Bertz CT molecular complexity index is 367. The van der Waals surface area contributed by atoms with Gasteiger partial charge in [-0.05, 0) is 12.1 Å². The van der Waals surface area contributed by atoms with Gasteiger partial charge in [-0.3, -0.25) is 14.5 Å². The van der Waals surface area contributed by atoms with E-state index in [1.807, 2.05) is 6.07 Å². The van der Waals surface area contributed by atoms with Crippen LogP contribution in [0, 0.1) is 0 Å². The van der Waals surface area contributed by atoms with Crippen molar-refractivity contribution < 1.29 is 14.3 Å². The van der Waals surface area contributed by atoms with Crippen LogP contribution >= 0.6 is 11.6 Å². The van der Waals surface area contributed by atoms with Gasteiger partial charge in [-0.1, -0.05) is 18.2 Å². The van der Waals surface area contributed by atoms with Crippen LogP contribution in [0.5, 0.6) is 0 Å². The average Bonchev–Trinajstić information content (AvgIpc) is 2.29. The zero-order valence-electron chi connectivity index (χ0n) is 8.85. The maximum absolute atomic E-state index is 11.6. The second kappa shape index (κ2) is 6.12. The van der Waals surface area contributed by atoms with Crippen LogP contribution in [0.1, 0.15) is 6.92 Å². The van der Waals surface area contributed by atoms with E-state index in [0.29, 0.717) is 5.69 Å². The topological polar surface area (TPSA) is 46.6 Å². The molecule has 16 heavy (non-hydrogen) atoms. The second-order valence-electron chi connectivity index (χ2n) is 3.06. The first-order valence-corrected chi connectivity index (χ1v) is 5.23. The van der Waals surface area contributed by atoms with Crippen LogP contribution in [0.2, 0.25) is 0 Å². The third-order valence-corrected chi connectivity index (χ3v) is 2.13. The van der Waals surface area contributed by atoms with E-state index in [0.717, 1.165) is 0 Å². The number of hydrogen-bond acceptors (Lipinski definition) is 3.